The van der Waals surface area contributed by atoms with E-state index < -0.39 is 0 Å². The Morgan fingerprint density at radius 3 is 2.60 bits per heavy atom. The number of benzene rings is 1. The number of hydrogen-bond donors (Lipinski definition) is 0. The van der Waals surface area contributed by atoms with E-state index in [9.17, 15) is 4.79 Å². The number of ether oxygens (including phenoxy) is 1. The quantitative estimate of drug-likeness (QED) is 0.754. The van der Waals surface area contributed by atoms with Gasteiger partial charge in [0.25, 0.3) is 0 Å². The van der Waals surface area contributed by atoms with Gasteiger partial charge < -0.3 is 9.64 Å². The molecule has 0 atom stereocenters. The first-order valence-electron chi connectivity index (χ1n) is 4.88. The van der Waals surface area contributed by atoms with Crippen LogP contribution in [0.25, 0.3) is 0 Å². The van der Waals surface area contributed by atoms with Crippen molar-refractivity contribution in [1.29, 1.82) is 0 Å². The molecule has 0 spiro atoms. The molecule has 0 unspecified atom stereocenters. The molecule has 3 heteroatoms. The summed E-state index contributed by atoms with van der Waals surface area (Å²) < 4.78 is 5.21. The molecule has 0 saturated carbocycles. The molecule has 0 N–H and O–H groups in total. The third-order valence-corrected chi connectivity index (χ3v) is 2.28. The first-order chi connectivity index (χ1) is 7.04. The van der Waals surface area contributed by atoms with Crippen LogP contribution in [0.15, 0.2) is 18.2 Å². The zero-order valence-corrected chi connectivity index (χ0v) is 9.70. The molecule has 0 aliphatic rings. The largest absolute Gasteiger partial charge is 0.496 e. The van der Waals surface area contributed by atoms with Gasteiger partial charge in [0.2, 0.25) is 5.91 Å². The summed E-state index contributed by atoms with van der Waals surface area (Å²) >= 11 is 0. The molecule has 0 heterocycles. The van der Waals surface area contributed by atoms with E-state index in [-0.39, 0.29) is 5.91 Å². The summed E-state index contributed by atoms with van der Waals surface area (Å²) in [5.74, 6) is 0.856. The zero-order valence-electron chi connectivity index (χ0n) is 9.70. The average molecular weight is 207 g/mol. The average Bonchev–Trinajstić information content (AvgIpc) is 2.18. The number of amides is 1. The number of carbonyl (C=O) groups excluding carboxylic acids is 1. The molecule has 15 heavy (non-hydrogen) atoms. The molecule has 1 aromatic rings. The predicted molar refractivity (Wildman–Crippen MR) is 60.1 cm³/mol. The van der Waals surface area contributed by atoms with Crippen molar-refractivity contribution < 1.29 is 9.53 Å². The minimum Gasteiger partial charge on any atom is -0.496 e. The second kappa shape index (κ2) is 4.82. The standard InChI is InChI=1S/C12H17NO2/c1-9-5-6-11(15-4)10(7-9)8-12(14)13(2)3/h5-7H,8H2,1-4H3. The van der Waals surface area contributed by atoms with Gasteiger partial charge in [0.1, 0.15) is 5.75 Å². The maximum absolute atomic E-state index is 11.6. The normalized spacial score (nSPS) is 9.87. The van der Waals surface area contributed by atoms with Crippen LogP contribution in [-0.4, -0.2) is 32.0 Å². The van der Waals surface area contributed by atoms with Crippen molar-refractivity contribution in [3.63, 3.8) is 0 Å². The van der Waals surface area contributed by atoms with Gasteiger partial charge in [-0.15, -0.1) is 0 Å². The third kappa shape index (κ3) is 2.98. The maximum Gasteiger partial charge on any atom is 0.226 e. The van der Waals surface area contributed by atoms with Gasteiger partial charge in [-0.05, 0) is 13.0 Å². The van der Waals surface area contributed by atoms with Gasteiger partial charge in [-0.25, -0.2) is 0 Å². The number of aryl methyl sites for hydroxylation is 1. The highest BCUT2D eigenvalue weighted by Crippen LogP contribution is 2.20. The molecular weight excluding hydrogens is 190 g/mol. The number of nitrogens with zero attached hydrogens (tertiary/aromatic N) is 1. The molecule has 1 aromatic carbocycles. The minimum absolute atomic E-state index is 0.0823. The van der Waals surface area contributed by atoms with Crippen LogP contribution in [-0.2, 0) is 11.2 Å². The monoisotopic (exact) mass is 207 g/mol. The van der Waals surface area contributed by atoms with Crippen molar-refractivity contribution in [1.82, 2.24) is 4.90 Å². The number of methoxy groups -OCH3 is 1. The lowest BCUT2D eigenvalue weighted by Gasteiger charge is -2.13. The molecule has 0 radical (unpaired) electrons. The molecule has 3 nitrogen and oxygen atoms in total. The van der Waals surface area contributed by atoms with E-state index in [1.165, 1.54) is 0 Å². The number of hydrogen-bond acceptors (Lipinski definition) is 2. The van der Waals surface area contributed by atoms with Crippen molar-refractivity contribution in [3.8, 4) is 5.75 Å². The zero-order chi connectivity index (χ0) is 11.4. The molecule has 0 aromatic heterocycles. The minimum atomic E-state index is 0.0823. The molecule has 0 aliphatic carbocycles. The topological polar surface area (TPSA) is 29.5 Å². The van der Waals surface area contributed by atoms with Gasteiger partial charge in [0.15, 0.2) is 0 Å². The molecular formula is C12H17NO2. The Morgan fingerprint density at radius 2 is 2.07 bits per heavy atom. The van der Waals surface area contributed by atoms with Crippen molar-refractivity contribution in [3.05, 3.63) is 29.3 Å². The Hall–Kier alpha value is -1.51. The van der Waals surface area contributed by atoms with Gasteiger partial charge in [0.05, 0.1) is 13.5 Å². The highest BCUT2D eigenvalue weighted by Gasteiger charge is 2.10. The molecule has 1 amide bonds. The smallest absolute Gasteiger partial charge is 0.226 e. The second-order valence-corrected chi connectivity index (χ2v) is 3.78. The molecule has 82 valence electrons. The Kier molecular flexibility index (Phi) is 3.72. The molecule has 0 fully saturated rings. The van der Waals surface area contributed by atoms with Gasteiger partial charge in [-0.2, -0.15) is 0 Å². The summed E-state index contributed by atoms with van der Waals surface area (Å²) in [5.41, 5.74) is 2.08. The van der Waals surface area contributed by atoms with E-state index in [2.05, 4.69) is 0 Å². The fraction of sp³-hybridized carbons (Fsp3) is 0.417. The first kappa shape index (κ1) is 11.6. The lowest BCUT2D eigenvalue weighted by molar-refractivity contribution is -0.127. The van der Waals surface area contributed by atoms with Crippen LogP contribution in [0.5, 0.6) is 5.75 Å². The summed E-state index contributed by atoms with van der Waals surface area (Å²) in [5, 5.41) is 0. The fourth-order valence-corrected chi connectivity index (χ4v) is 1.37. The predicted octanol–water partition coefficient (Wildman–Crippen LogP) is 1.63. The van der Waals surface area contributed by atoms with Gasteiger partial charge in [-0.3, -0.25) is 4.79 Å². The summed E-state index contributed by atoms with van der Waals surface area (Å²) in [7, 11) is 5.13. The molecule has 1 rings (SSSR count). The van der Waals surface area contributed by atoms with Crippen LogP contribution in [0.4, 0.5) is 0 Å². The van der Waals surface area contributed by atoms with Gasteiger partial charge >= 0.3 is 0 Å². The summed E-state index contributed by atoms with van der Waals surface area (Å²) in [4.78, 5) is 13.1. The summed E-state index contributed by atoms with van der Waals surface area (Å²) in [6.07, 6.45) is 0.387. The summed E-state index contributed by atoms with van der Waals surface area (Å²) in [6, 6.07) is 5.86. The Labute approximate surface area is 90.7 Å². The maximum atomic E-state index is 11.6. The summed E-state index contributed by atoms with van der Waals surface area (Å²) in [6.45, 7) is 2.00. The van der Waals surface area contributed by atoms with Crippen molar-refractivity contribution in [2.24, 2.45) is 0 Å². The number of likely N-dealkylation sites (N-methyl/N-ethyl adjacent to an activating group) is 1. The number of carbonyl (C=O) groups is 1. The van der Waals surface area contributed by atoms with Crippen molar-refractivity contribution >= 4 is 5.91 Å². The highest BCUT2D eigenvalue weighted by atomic mass is 16.5. The van der Waals surface area contributed by atoms with E-state index in [1.807, 2.05) is 25.1 Å². The lowest BCUT2D eigenvalue weighted by atomic mass is 10.1. The Balaban J connectivity index is 2.92. The van der Waals surface area contributed by atoms with Crippen molar-refractivity contribution in [2.75, 3.05) is 21.2 Å². The van der Waals surface area contributed by atoms with Crippen LogP contribution in [0.3, 0.4) is 0 Å². The lowest BCUT2D eigenvalue weighted by Crippen LogP contribution is -2.23. The van der Waals surface area contributed by atoms with Gasteiger partial charge in [-0.1, -0.05) is 17.7 Å². The highest BCUT2D eigenvalue weighted by molar-refractivity contribution is 5.79. The molecule has 0 aliphatic heterocycles. The van der Waals surface area contributed by atoms with Crippen LogP contribution >= 0.6 is 0 Å². The second-order valence-electron chi connectivity index (χ2n) is 3.78. The Bertz CT molecular complexity index is 359. The van der Waals surface area contributed by atoms with Gasteiger partial charge in [0, 0.05) is 19.7 Å². The SMILES string of the molecule is COc1ccc(C)cc1CC(=O)N(C)C. The van der Waals surface area contributed by atoms with E-state index >= 15 is 0 Å². The fourth-order valence-electron chi connectivity index (χ4n) is 1.37. The number of rotatable bonds is 3. The molecule has 0 bridgehead atoms. The van der Waals surface area contributed by atoms with E-state index in [1.54, 1.807) is 26.1 Å². The van der Waals surface area contributed by atoms with E-state index in [0.29, 0.717) is 6.42 Å². The third-order valence-electron chi connectivity index (χ3n) is 2.28. The van der Waals surface area contributed by atoms with Crippen LogP contribution in [0, 0.1) is 6.92 Å². The first-order valence-corrected chi connectivity index (χ1v) is 4.88. The van der Waals surface area contributed by atoms with Crippen LogP contribution < -0.4 is 4.74 Å². The van der Waals surface area contributed by atoms with Crippen LogP contribution in [0.1, 0.15) is 11.1 Å². The molecule has 0 saturated heterocycles. The Morgan fingerprint density at radius 1 is 1.40 bits per heavy atom. The van der Waals surface area contributed by atoms with E-state index in [4.69, 9.17) is 4.74 Å². The van der Waals surface area contributed by atoms with Crippen molar-refractivity contribution in [2.45, 2.75) is 13.3 Å². The van der Waals surface area contributed by atoms with Crippen LogP contribution in [0.2, 0.25) is 0 Å². The van der Waals surface area contributed by atoms with E-state index in [0.717, 1.165) is 16.9 Å².